The van der Waals surface area contributed by atoms with Crippen molar-refractivity contribution in [3.8, 4) is 0 Å². The first-order valence-electron chi connectivity index (χ1n) is 15.1. The lowest BCUT2D eigenvalue weighted by molar-refractivity contribution is 0.0696. The average molecular weight is 582 g/mol. The number of hydrogen-bond acceptors (Lipinski definition) is 4. The maximum Gasteiger partial charge on any atom is 0.335 e. The van der Waals surface area contributed by atoms with Crippen LogP contribution in [-0.4, -0.2) is 66.0 Å². The van der Waals surface area contributed by atoms with E-state index >= 15 is 0 Å². The number of carboxylic acids is 1. The minimum absolute atomic E-state index is 0.00328. The summed E-state index contributed by atoms with van der Waals surface area (Å²) < 4.78 is 0. The number of nitrogens with zero attached hydrogens (tertiary/aromatic N) is 3. The Hall–Kier alpha value is -3.97. The summed E-state index contributed by atoms with van der Waals surface area (Å²) in [6.45, 7) is 10.0. The molecule has 5 rings (SSSR count). The number of hydrogen-bond donors (Lipinski definition) is 1. The first kappa shape index (κ1) is 30.5. The van der Waals surface area contributed by atoms with Crippen LogP contribution in [0, 0.1) is 0 Å². The van der Waals surface area contributed by atoms with Crippen LogP contribution in [0.5, 0.6) is 0 Å². The Bertz CT molecular complexity index is 1510. The second-order valence-electron chi connectivity index (χ2n) is 13.5. The summed E-state index contributed by atoms with van der Waals surface area (Å²) in [5, 5.41) is 9.33. The van der Waals surface area contributed by atoms with Gasteiger partial charge < -0.3 is 14.9 Å². The zero-order chi connectivity index (χ0) is 31.1. The first-order valence-corrected chi connectivity index (χ1v) is 15.1. The van der Waals surface area contributed by atoms with E-state index in [2.05, 4.69) is 70.0 Å². The van der Waals surface area contributed by atoms with E-state index in [9.17, 15) is 19.5 Å². The van der Waals surface area contributed by atoms with Crippen LogP contribution in [0.3, 0.4) is 0 Å². The molecule has 0 bridgehead atoms. The topological polar surface area (TPSA) is 81.2 Å². The van der Waals surface area contributed by atoms with Crippen molar-refractivity contribution < 1.29 is 19.5 Å². The summed E-state index contributed by atoms with van der Waals surface area (Å²) in [6.07, 6.45) is 3.16. The molecule has 0 saturated heterocycles. The van der Waals surface area contributed by atoms with Gasteiger partial charge in [0.1, 0.15) is 0 Å². The Labute approximate surface area is 255 Å². The molecule has 2 aliphatic carbocycles. The summed E-state index contributed by atoms with van der Waals surface area (Å²) in [4.78, 5) is 44.7. The van der Waals surface area contributed by atoms with Crippen LogP contribution in [0.1, 0.15) is 90.3 Å². The standard InChI is InChI=1S/C36H43N3O4/c1-35(2)18-19-36(3,4)30-22-27(16-17-29(30)35)39(32(40)25-12-14-26(15-13-25)33(41)42)34(43)38(6)21-20-37(5)31-23-28(31)24-10-8-7-9-11-24/h7-17,22,28,31H,18-21,23H2,1-6H3,(H,41,42). The van der Waals surface area contributed by atoms with Crippen molar-refractivity contribution in [2.45, 2.75) is 69.7 Å². The van der Waals surface area contributed by atoms with Gasteiger partial charge in [-0.15, -0.1) is 0 Å². The molecule has 2 unspecified atom stereocenters. The molecule has 3 amide bonds. The van der Waals surface area contributed by atoms with E-state index in [1.807, 2.05) is 18.2 Å². The molecular formula is C36H43N3O4. The van der Waals surface area contributed by atoms with Gasteiger partial charge in [-0.2, -0.15) is 0 Å². The van der Waals surface area contributed by atoms with Crippen molar-refractivity contribution in [2.24, 2.45) is 0 Å². The lowest BCUT2D eigenvalue weighted by Gasteiger charge is -2.42. The number of imide groups is 1. The molecule has 2 atom stereocenters. The maximum absolute atomic E-state index is 14.1. The normalized spacial score (nSPS) is 19.8. The third-order valence-corrected chi connectivity index (χ3v) is 9.53. The molecule has 3 aromatic carbocycles. The Morgan fingerprint density at radius 2 is 1.40 bits per heavy atom. The Kier molecular flexibility index (Phi) is 8.23. The van der Waals surface area contributed by atoms with E-state index in [1.165, 1.54) is 40.3 Å². The number of carbonyl (C=O) groups is 3. The SMILES string of the molecule is CN(CCN(C)C1CC1c1ccccc1)C(=O)N(C(=O)c1ccc(C(=O)O)cc1)c1ccc2c(c1)C(C)(C)CCC2(C)C. The second kappa shape index (κ2) is 11.6. The molecule has 226 valence electrons. The number of likely N-dealkylation sites (N-methyl/N-ethyl adjacent to an activating group) is 2. The molecule has 0 heterocycles. The third kappa shape index (κ3) is 6.23. The highest BCUT2D eigenvalue weighted by atomic mass is 16.4. The van der Waals surface area contributed by atoms with Gasteiger partial charge in [0.25, 0.3) is 5.91 Å². The molecule has 1 fully saturated rings. The van der Waals surface area contributed by atoms with Crippen LogP contribution in [0.15, 0.2) is 72.8 Å². The van der Waals surface area contributed by atoms with Gasteiger partial charge in [0.2, 0.25) is 0 Å². The van der Waals surface area contributed by atoms with Crippen molar-refractivity contribution in [1.29, 1.82) is 0 Å². The number of carboxylic acid groups (broad SMARTS) is 1. The van der Waals surface area contributed by atoms with Gasteiger partial charge in [0.15, 0.2) is 0 Å². The summed E-state index contributed by atoms with van der Waals surface area (Å²) >= 11 is 0. The van der Waals surface area contributed by atoms with Crippen LogP contribution in [0.25, 0.3) is 0 Å². The molecular weight excluding hydrogens is 538 g/mol. The number of carbonyl (C=O) groups excluding carboxylic acids is 2. The second-order valence-corrected chi connectivity index (χ2v) is 13.5. The number of urea groups is 1. The molecule has 1 N–H and O–H groups in total. The molecule has 7 nitrogen and oxygen atoms in total. The van der Waals surface area contributed by atoms with E-state index in [0.29, 0.717) is 30.7 Å². The summed E-state index contributed by atoms with van der Waals surface area (Å²) in [7, 11) is 3.82. The average Bonchev–Trinajstić information content (AvgIpc) is 3.80. The molecule has 0 aliphatic heterocycles. The third-order valence-electron chi connectivity index (χ3n) is 9.53. The van der Waals surface area contributed by atoms with Gasteiger partial charge in [-0.05, 0) is 90.2 Å². The minimum atomic E-state index is -1.07. The summed E-state index contributed by atoms with van der Waals surface area (Å²) in [5.41, 5.74) is 4.49. The monoisotopic (exact) mass is 581 g/mol. The minimum Gasteiger partial charge on any atom is -0.478 e. The highest BCUT2D eigenvalue weighted by Gasteiger charge is 2.41. The molecule has 7 heteroatoms. The molecule has 0 radical (unpaired) electrons. The fourth-order valence-electron chi connectivity index (χ4n) is 6.38. The van der Waals surface area contributed by atoms with Crippen LogP contribution in [-0.2, 0) is 10.8 Å². The van der Waals surface area contributed by atoms with Crippen molar-refractivity contribution in [2.75, 3.05) is 32.1 Å². The molecule has 1 saturated carbocycles. The highest BCUT2D eigenvalue weighted by Crippen LogP contribution is 2.47. The quantitative estimate of drug-likeness (QED) is 0.312. The van der Waals surface area contributed by atoms with Crippen molar-refractivity contribution in [3.63, 3.8) is 0 Å². The van der Waals surface area contributed by atoms with Gasteiger partial charge in [0.05, 0.1) is 11.3 Å². The van der Waals surface area contributed by atoms with Gasteiger partial charge >= 0.3 is 12.0 Å². The highest BCUT2D eigenvalue weighted by molar-refractivity contribution is 6.20. The summed E-state index contributed by atoms with van der Waals surface area (Å²) in [5.74, 6) is -1.05. The van der Waals surface area contributed by atoms with Crippen LogP contribution < -0.4 is 4.90 Å². The number of anilines is 1. The Morgan fingerprint density at radius 3 is 2.02 bits per heavy atom. The lowest BCUT2D eigenvalue weighted by atomic mass is 9.63. The molecule has 0 spiro atoms. The van der Waals surface area contributed by atoms with Gasteiger partial charge in [-0.1, -0.05) is 64.1 Å². The number of fused-ring (bicyclic) bond motifs is 1. The Morgan fingerprint density at radius 1 is 0.791 bits per heavy atom. The Balaban J connectivity index is 1.40. The first-order chi connectivity index (χ1) is 20.3. The zero-order valence-corrected chi connectivity index (χ0v) is 26.1. The number of aromatic carboxylic acids is 1. The van der Waals surface area contributed by atoms with Gasteiger partial charge in [-0.3, -0.25) is 4.79 Å². The van der Waals surface area contributed by atoms with E-state index in [0.717, 1.165) is 24.8 Å². The van der Waals surface area contributed by atoms with Crippen molar-refractivity contribution in [1.82, 2.24) is 9.80 Å². The molecule has 2 aliphatic rings. The van der Waals surface area contributed by atoms with E-state index in [-0.39, 0.29) is 22.0 Å². The fraction of sp³-hybridized carbons (Fsp3) is 0.417. The van der Waals surface area contributed by atoms with Crippen molar-refractivity contribution in [3.05, 3.63) is 101 Å². The predicted octanol–water partition coefficient (Wildman–Crippen LogP) is 6.92. The number of rotatable bonds is 8. The maximum atomic E-state index is 14.1. The van der Waals surface area contributed by atoms with E-state index in [1.54, 1.807) is 11.9 Å². The molecule has 0 aromatic heterocycles. The summed E-state index contributed by atoms with van der Waals surface area (Å²) in [6, 6.07) is 22.2. The van der Waals surface area contributed by atoms with Crippen molar-refractivity contribution >= 4 is 23.6 Å². The van der Waals surface area contributed by atoms with Crippen LogP contribution in [0.2, 0.25) is 0 Å². The number of amides is 3. The smallest absolute Gasteiger partial charge is 0.335 e. The lowest BCUT2D eigenvalue weighted by Crippen LogP contribution is -2.47. The predicted molar refractivity (Wildman–Crippen MR) is 170 cm³/mol. The van der Waals surface area contributed by atoms with Gasteiger partial charge in [-0.25, -0.2) is 14.5 Å². The number of benzene rings is 3. The van der Waals surface area contributed by atoms with Gasteiger partial charge in [0, 0.05) is 37.7 Å². The van der Waals surface area contributed by atoms with E-state index in [4.69, 9.17) is 0 Å². The zero-order valence-electron chi connectivity index (χ0n) is 26.1. The molecule has 3 aromatic rings. The largest absolute Gasteiger partial charge is 0.478 e. The molecule has 43 heavy (non-hydrogen) atoms. The van der Waals surface area contributed by atoms with E-state index < -0.39 is 17.9 Å². The fourth-order valence-corrected chi connectivity index (χ4v) is 6.38. The van der Waals surface area contributed by atoms with Crippen LogP contribution >= 0.6 is 0 Å². The van der Waals surface area contributed by atoms with Crippen LogP contribution in [0.4, 0.5) is 10.5 Å².